The fourth-order valence-electron chi connectivity index (χ4n) is 3.45. The van der Waals surface area contributed by atoms with Gasteiger partial charge >= 0.3 is 0 Å². The van der Waals surface area contributed by atoms with Gasteiger partial charge in [-0.05, 0) is 46.9 Å². The van der Waals surface area contributed by atoms with Gasteiger partial charge in [-0.2, -0.15) is 0 Å². The highest BCUT2D eigenvalue weighted by Crippen LogP contribution is 2.22. The lowest BCUT2D eigenvalue weighted by Gasteiger charge is -2.29. The highest BCUT2D eigenvalue weighted by molar-refractivity contribution is 5.78. The number of carbonyl (C=O) groups is 1. The minimum absolute atomic E-state index is 0.0941. The zero-order chi connectivity index (χ0) is 19.3. The summed E-state index contributed by atoms with van der Waals surface area (Å²) < 4.78 is 12.9. The van der Waals surface area contributed by atoms with Crippen molar-refractivity contribution in [1.29, 1.82) is 0 Å². The molecule has 1 aliphatic heterocycles. The number of nitrogens with one attached hydrogen (secondary N) is 1. The zero-order valence-corrected chi connectivity index (χ0v) is 15.6. The average Bonchev–Trinajstić information content (AvgIpc) is 2.74. The van der Waals surface area contributed by atoms with Crippen molar-refractivity contribution < 1.29 is 9.18 Å². The highest BCUT2D eigenvalue weighted by atomic mass is 19.1. The summed E-state index contributed by atoms with van der Waals surface area (Å²) in [5.41, 5.74) is 4.51. The van der Waals surface area contributed by atoms with Gasteiger partial charge < -0.3 is 10.2 Å². The van der Waals surface area contributed by atoms with Gasteiger partial charge in [0.2, 0.25) is 5.91 Å². The van der Waals surface area contributed by atoms with E-state index in [0.717, 1.165) is 36.5 Å². The van der Waals surface area contributed by atoms with Crippen LogP contribution >= 0.6 is 0 Å². The fraction of sp³-hybridized carbons (Fsp3) is 0.217. The summed E-state index contributed by atoms with van der Waals surface area (Å²) in [4.78, 5) is 18.9. The summed E-state index contributed by atoms with van der Waals surface area (Å²) in [6.07, 6.45) is 3.08. The molecular weight excluding hydrogens is 353 g/mol. The van der Waals surface area contributed by atoms with E-state index >= 15 is 0 Å². The first-order chi connectivity index (χ1) is 13.7. The first-order valence-corrected chi connectivity index (χ1v) is 9.45. The second kappa shape index (κ2) is 8.21. The number of hydrogen-bond acceptors (Lipinski definition) is 3. The van der Waals surface area contributed by atoms with Crippen molar-refractivity contribution in [3.8, 4) is 0 Å². The largest absolute Gasteiger partial charge is 0.352 e. The lowest BCUT2D eigenvalue weighted by Crippen LogP contribution is -2.31. The molecule has 4 rings (SSSR count). The summed E-state index contributed by atoms with van der Waals surface area (Å²) in [6.45, 7) is 2.25. The molecule has 142 valence electrons. The van der Waals surface area contributed by atoms with Gasteiger partial charge in [-0.1, -0.05) is 42.5 Å². The molecule has 0 unspecified atom stereocenters. The van der Waals surface area contributed by atoms with E-state index in [1.165, 1.54) is 23.3 Å². The molecule has 5 heteroatoms. The van der Waals surface area contributed by atoms with Gasteiger partial charge in [0.25, 0.3) is 0 Å². The Morgan fingerprint density at radius 1 is 1.00 bits per heavy atom. The van der Waals surface area contributed by atoms with E-state index in [2.05, 4.69) is 39.5 Å². The van der Waals surface area contributed by atoms with E-state index in [1.807, 2.05) is 18.3 Å². The third-order valence-electron chi connectivity index (χ3n) is 5.03. The SMILES string of the molecule is O=C(Cc1ccc(F)cc1)NCc1ccc(N2CCc3ccccc3C2)nc1. The van der Waals surface area contributed by atoms with Gasteiger partial charge in [-0.15, -0.1) is 0 Å². The number of benzene rings is 2. The number of pyridine rings is 1. The summed E-state index contributed by atoms with van der Waals surface area (Å²) in [5, 5.41) is 2.89. The Morgan fingerprint density at radius 3 is 2.50 bits per heavy atom. The maximum Gasteiger partial charge on any atom is 0.224 e. The van der Waals surface area contributed by atoms with Crippen molar-refractivity contribution in [3.05, 3.63) is 94.9 Å². The Morgan fingerprint density at radius 2 is 1.75 bits per heavy atom. The van der Waals surface area contributed by atoms with Crippen molar-refractivity contribution in [2.24, 2.45) is 0 Å². The zero-order valence-electron chi connectivity index (χ0n) is 15.6. The van der Waals surface area contributed by atoms with E-state index in [-0.39, 0.29) is 18.1 Å². The molecule has 2 heterocycles. The predicted molar refractivity (Wildman–Crippen MR) is 107 cm³/mol. The topological polar surface area (TPSA) is 45.2 Å². The van der Waals surface area contributed by atoms with Crippen LogP contribution in [0.4, 0.5) is 10.2 Å². The van der Waals surface area contributed by atoms with Crippen molar-refractivity contribution in [3.63, 3.8) is 0 Å². The molecule has 2 aromatic carbocycles. The number of nitrogens with zero attached hydrogens (tertiary/aromatic N) is 2. The van der Waals surface area contributed by atoms with E-state index in [4.69, 9.17) is 0 Å². The molecule has 1 aliphatic rings. The lowest BCUT2D eigenvalue weighted by atomic mass is 10.00. The normalized spacial score (nSPS) is 13.1. The lowest BCUT2D eigenvalue weighted by molar-refractivity contribution is -0.120. The minimum atomic E-state index is -0.299. The monoisotopic (exact) mass is 375 g/mol. The number of halogens is 1. The quantitative estimate of drug-likeness (QED) is 0.741. The van der Waals surface area contributed by atoms with Crippen LogP contribution < -0.4 is 10.2 Å². The Kier molecular flexibility index (Phi) is 5.33. The van der Waals surface area contributed by atoms with E-state index in [9.17, 15) is 9.18 Å². The summed E-state index contributed by atoms with van der Waals surface area (Å²) in [7, 11) is 0. The van der Waals surface area contributed by atoms with E-state index < -0.39 is 0 Å². The van der Waals surface area contributed by atoms with Gasteiger partial charge in [-0.25, -0.2) is 9.37 Å². The van der Waals surface area contributed by atoms with Crippen LogP contribution in [-0.4, -0.2) is 17.4 Å². The molecule has 3 aromatic rings. The molecule has 0 fully saturated rings. The number of carbonyl (C=O) groups excluding carboxylic acids is 1. The van der Waals surface area contributed by atoms with Gasteiger partial charge in [0.15, 0.2) is 0 Å². The van der Waals surface area contributed by atoms with Gasteiger partial charge in [0, 0.05) is 25.8 Å². The molecule has 1 N–H and O–H groups in total. The Labute approximate surface area is 164 Å². The van der Waals surface area contributed by atoms with Crippen LogP contribution in [-0.2, 0) is 30.7 Å². The van der Waals surface area contributed by atoms with Crippen LogP contribution in [0.15, 0.2) is 66.9 Å². The third-order valence-corrected chi connectivity index (χ3v) is 5.03. The molecule has 0 saturated carbocycles. The fourth-order valence-corrected chi connectivity index (χ4v) is 3.45. The van der Waals surface area contributed by atoms with Crippen molar-refractivity contribution >= 4 is 11.7 Å². The average molecular weight is 375 g/mol. The molecule has 4 nitrogen and oxygen atoms in total. The van der Waals surface area contributed by atoms with Crippen molar-refractivity contribution in [1.82, 2.24) is 10.3 Å². The molecule has 0 saturated heterocycles. The molecule has 0 spiro atoms. The molecule has 28 heavy (non-hydrogen) atoms. The second-order valence-corrected chi connectivity index (χ2v) is 7.04. The van der Waals surface area contributed by atoms with E-state index in [0.29, 0.717) is 6.54 Å². The van der Waals surface area contributed by atoms with Crippen LogP contribution in [0.5, 0.6) is 0 Å². The Hall–Kier alpha value is -3.21. The Balaban J connectivity index is 1.31. The number of fused-ring (bicyclic) bond motifs is 1. The molecular formula is C23H22FN3O. The molecule has 0 atom stereocenters. The van der Waals surface area contributed by atoms with Crippen molar-refractivity contribution in [2.45, 2.75) is 25.9 Å². The number of anilines is 1. The first-order valence-electron chi connectivity index (χ1n) is 9.45. The molecule has 0 bridgehead atoms. The van der Waals surface area contributed by atoms with Gasteiger partial charge in [0.05, 0.1) is 6.42 Å². The maximum atomic E-state index is 12.9. The van der Waals surface area contributed by atoms with Gasteiger partial charge in [-0.3, -0.25) is 4.79 Å². The third kappa shape index (κ3) is 4.36. The maximum absolute atomic E-state index is 12.9. The number of rotatable bonds is 5. The van der Waals surface area contributed by atoms with Crippen LogP contribution in [0.3, 0.4) is 0 Å². The smallest absolute Gasteiger partial charge is 0.224 e. The molecule has 1 amide bonds. The second-order valence-electron chi connectivity index (χ2n) is 7.04. The molecule has 0 radical (unpaired) electrons. The van der Waals surface area contributed by atoms with Crippen molar-refractivity contribution in [2.75, 3.05) is 11.4 Å². The van der Waals surface area contributed by atoms with Crippen LogP contribution in [0, 0.1) is 5.82 Å². The number of hydrogen-bond donors (Lipinski definition) is 1. The minimum Gasteiger partial charge on any atom is -0.352 e. The molecule has 1 aromatic heterocycles. The summed E-state index contributed by atoms with van der Waals surface area (Å²) in [6, 6.07) is 18.5. The van der Waals surface area contributed by atoms with Crippen LogP contribution in [0.25, 0.3) is 0 Å². The Bertz CT molecular complexity index is 954. The summed E-state index contributed by atoms with van der Waals surface area (Å²) >= 11 is 0. The first kappa shape index (κ1) is 18.2. The standard InChI is InChI=1S/C23H22FN3O/c24-21-8-5-17(6-9-21)13-23(28)26-15-18-7-10-22(25-14-18)27-12-11-19-3-1-2-4-20(19)16-27/h1-10,14H,11-13,15-16H2,(H,26,28). The van der Waals surface area contributed by atoms with Crippen LogP contribution in [0.1, 0.15) is 22.3 Å². The van der Waals surface area contributed by atoms with Crippen LogP contribution in [0.2, 0.25) is 0 Å². The predicted octanol–water partition coefficient (Wildman–Crippen LogP) is 3.64. The summed E-state index contributed by atoms with van der Waals surface area (Å²) in [5.74, 6) is 0.562. The van der Waals surface area contributed by atoms with Gasteiger partial charge in [0.1, 0.15) is 11.6 Å². The number of aromatic nitrogens is 1. The number of amides is 1. The van der Waals surface area contributed by atoms with E-state index in [1.54, 1.807) is 12.1 Å². The molecule has 0 aliphatic carbocycles. The highest BCUT2D eigenvalue weighted by Gasteiger charge is 2.16.